The minimum Gasteiger partial charge on any atom is -0.368 e. The quantitative estimate of drug-likeness (QED) is 0.823. The second kappa shape index (κ2) is 5.79. The fourth-order valence-corrected chi connectivity index (χ4v) is 3.89. The molecule has 0 aliphatic carbocycles. The topological polar surface area (TPSA) is 94.3 Å². The Balaban J connectivity index is 1.90. The maximum Gasteiger partial charge on any atom is 0.240 e. The number of hydrogen-bond donors (Lipinski definition) is 1. The van der Waals surface area contributed by atoms with Crippen molar-refractivity contribution in [3.05, 3.63) is 11.7 Å². The number of sulfone groups is 1. The van der Waals surface area contributed by atoms with Gasteiger partial charge in [0.05, 0.1) is 18.1 Å². The number of nitrogens with one attached hydrogen (secondary N) is 1. The zero-order valence-corrected chi connectivity index (χ0v) is 12.9. The van der Waals surface area contributed by atoms with Gasteiger partial charge in [0.2, 0.25) is 11.7 Å². The van der Waals surface area contributed by atoms with Crippen LogP contribution < -0.4 is 5.32 Å². The van der Waals surface area contributed by atoms with Crippen LogP contribution in [0.2, 0.25) is 0 Å². The average molecular weight is 303 g/mol. The molecular weight excluding hydrogens is 282 g/mol. The summed E-state index contributed by atoms with van der Waals surface area (Å²) in [6, 6.07) is -0.0322. The Morgan fingerprint density at radius 2 is 2.25 bits per heavy atom. The maximum atomic E-state index is 11.4. The largest absolute Gasteiger partial charge is 0.368 e. The standard InChI is InChI=1S/C12H21N3O4S/c1-4-18-12(2,3)11-14-10(19-15-11)7-13-9-5-6-20(16,17)8-9/h9,13H,4-8H2,1-3H3. The van der Waals surface area contributed by atoms with Crippen LogP contribution in [0.3, 0.4) is 0 Å². The van der Waals surface area contributed by atoms with Crippen molar-refractivity contribution >= 4 is 9.84 Å². The van der Waals surface area contributed by atoms with E-state index in [0.29, 0.717) is 31.3 Å². The van der Waals surface area contributed by atoms with Gasteiger partial charge in [-0.1, -0.05) is 5.16 Å². The molecule has 1 aromatic heterocycles. The predicted molar refractivity (Wildman–Crippen MR) is 72.8 cm³/mol. The Kier molecular flexibility index (Phi) is 4.46. The van der Waals surface area contributed by atoms with E-state index in [1.54, 1.807) is 0 Å². The molecule has 1 N–H and O–H groups in total. The lowest BCUT2D eigenvalue weighted by Gasteiger charge is -2.19. The third-order valence-corrected chi connectivity index (χ3v) is 5.05. The molecule has 0 aromatic carbocycles. The number of nitrogens with zero attached hydrogens (tertiary/aromatic N) is 2. The van der Waals surface area contributed by atoms with E-state index in [0.717, 1.165) is 0 Å². The molecule has 0 amide bonds. The van der Waals surface area contributed by atoms with Gasteiger partial charge in [0.15, 0.2) is 9.84 Å². The lowest BCUT2D eigenvalue weighted by atomic mass is 10.1. The van der Waals surface area contributed by atoms with Gasteiger partial charge in [0.25, 0.3) is 0 Å². The first-order valence-electron chi connectivity index (χ1n) is 6.73. The second-order valence-electron chi connectivity index (χ2n) is 5.44. The van der Waals surface area contributed by atoms with Crippen molar-refractivity contribution in [2.75, 3.05) is 18.1 Å². The third-order valence-electron chi connectivity index (χ3n) is 3.29. The molecule has 1 fully saturated rings. The number of hydrogen-bond acceptors (Lipinski definition) is 7. The Morgan fingerprint density at radius 3 is 2.85 bits per heavy atom. The molecule has 1 unspecified atom stereocenters. The molecule has 1 aliphatic rings. The number of aromatic nitrogens is 2. The van der Waals surface area contributed by atoms with E-state index >= 15 is 0 Å². The van der Waals surface area contributed by atoms with E-state index in [-0.39, 0.29) is 17.5 Å². The molecule has 1 atom stereocenters. The molecule has 7 nitrogen and oxygen atoms in total. The first kappa shape index (κ1) is 15.4. The van der Waals surface area contributed by atoms with Gasteiger partial charge in [-0.15, -0.1) is 0 Å². The molecule has 0 bridgehead atoms. The minimum atomic E-state index is -2.87. The van der Waals surface area contributed by atoms with E-state index < -0.39 is 15.4 Å². The summed E-state index contributed by atoms with van der Waals surface area (Å²) in [5.41, 5.74) is -0.590. The minimum absolute atomic E-state index is 0.0322. The first-order valence-corrected chi connectivity index (χ1v) is 8.55. The molecule has 1 aromatic rings. The molecule has 2 rings (SSSR count). The first-order chi connectivity index (χ1) is 9.32. The highest BCUT2D eigenvalue weighted by molar-refractivity contribution is 7.91. The second-order valence-corrected chi connectivity index (χ2v) is 7.66. The molecule has 2 heterocycles. The van der Waals surface area contributed by atoms with Crippen LogP contribution in [-0.4, -0.2) is 42.7 Å². The van der Waals surface area contributed by atoms with Crippen LogP contribution >= 0.6 is 0 Å². The highest BCUT2D eigenvalue weighted by Crippen LogP contribution is 2.21. The van der Waals surface area contributed by atoms with Gasteiger partial charge in [0.1, 0.15) is 5.60 Å². The molecule has 1 saturated heterocycles. The van der Waals surface area contributed by atoms with E-state index in [2.05, 4.69) is 15.5 Å². The summed E-state index contributed by atoms with van der Waals surface area (Å²) in [7, 11) is -2.87. The van der Waals surface area contributed by atoms with Gasteiger partial charge in [-0.25, -0.2) is 8.42 Å². The molecule has 8 heteroatoms. The molecule has 20 heavy (non-hydrogen) atoms. The Hall–Kier alpha value is -0.990. The lowest BCUT2D eigenvalue weighted by Crippen LogP contribution is -2.29. The Morgan fingerprint density at radius 1 is 1.50 bits per heavy atom. The van der Waals surface area contributed by atoms with E-state index in [4.69, 9.17) is 9.26 Å². The van der Waals surface area contributed by atoms with Crippen LogP contribution in [0.1, 0.15) is 38.9 Å². The smallest absolute Gasteiger partial charge is 0.240 e. The predicted octanol–water partition coefficient (Wildman–Crippen LogP) is 0.618. The summed E-state index contributed by atoms with van der Waals surface area (Å²) < 4.78 is 33.4. The van der Waals surface area contributed by atoms with Crippen LogP contribution in [0.15, 0.2) is 4.52 Å². The van der Waals surface area contributed by atoms with E-state index in [1.165, 1.54) is 0 Å². The zero-order chi connectivity index (χ0) is 14.8. The molecule has 1 aliphatic heterocycles. The van der Waals surface area contributed by atoms with Crippen LogP contribution in [0.5, 0.6) is 0 Å². The SMILES string of the molecule is CCOC(C)(C)c1noc(CNC2CCS(=O)(=O)C2)n1. The van der Waals surface area contributed by atoms with Crippen molar-refractivity contribution in [1.82, 2.24) is 15.5 Å². The Bertz CT molecular complexity index is 553. The third kappa shape index (κ3) is 3.77. The van der Waals surface area contributed by atoms with Crippen LogP contribution in [0.25, 0.3) is 0 Å². The van der Waals surface area contributed by atoms with Crippen molar-refractivity contribution in [2.24, 2.45) is 0 Å². The van der Waals surface area contributed by atoms with Gasteiger partial charge in [-0.3, -0.25) is 0 Å². The number of ether oxygens (including phenoxy) is 1. The van der Waals surface area contributed by atoms with Crippen molar-refractivity contribution in [3.63, 3.8) is 0 Å². The summed E-state index contributed by atoms with van der Waals surface area (Å²) in [6.07, 6.45) is 0.633. The highest BCUT2D eigenvalue weighted by atomic mass is 32.2. The van der Waals surface area contributed by atoms with Gasteiger partial charge < -0.3 is 14.6 Å². The monoisotopic (exact) mass is 303 g/mol. The van der Waals surface area contributed by atoms with Gasteiger partial charge in [0, 0.05) is 12.6 Å². The summed E-state index contributed by atoms with van der Waals surface area (Å²) in [4.78, 5) is 4.28. The van der Waals surface area contributed by atoms with Gasteiger partial charge in [-0.2, -0.15) is 4.98 Å². The van der Waals surface area contributed by atoms with Gasteiger partial charge >= 0.3 is 0 Å². The lowest BCUT2D eigenvalue weighted by molar-refractivity contribution is -0.0221. The summed E-state index contributed by atoms with van der Waals surface area (Å²) in [5.74, 6) is 1.36. The van der Waals surface area contributed by atoms with Crippen molar-refractivity contribution in [2.45, 2.75) is 45.4 Å². The fourth-order valence-electron chi connectivity index (χ4n) is 2.18. The summed E-state index contributed by atoms with van der Waals surface area (Å²) >= 11 is 0. The van der Waals surface area contributed by atoms with E-state index in [9.17, 15) is 8.42 Å². The van der Waals surface area contributed by atoms with Crippen molar-refractivity contribution in [3.8, 4) is 0 Å². The molecule has 0 radical (unpaired) electrons. The van der Waals surface area contributed by atoms with Crippen molar-refractivity contribution < 1.29 is 17.7 Å². The van der Waals surface area contributed by atoms with Crippen LogP contribution in [-0.2, 0) is 26.7 Å². The molecule has 0 spiro atoms. The maximum absolute atomic E-state index is 11.4. The van der Waals surface area contributed by atoms with E-state index in [1.807, 2.05) is 20.8 Å². The normalized spacial score (nSPS) is 22.2. The molecule has 114 valence electrons. The number of rotatable bonds is 6. The summed E-state index contributed by atoms with van der Waals surface area (Å²) in [6.45, 7) is 6.60. The summed E-state index contributed by atoms with van der Waals surface area (Å²) in [5, 5.41) is 7.04. The zero-order valence-electron chi connectivity index (χ0n) is 12.0. The Labute approximate surface area is 119 Å². The highest BCUT2D eigenvalue weighted by Gasteiger charge is 2.29. The van der Waals surface area contributed by atoms with Crippen LogP contribution in [0.4, 0.5) is 0 Å². The molecule has 0 saturated carbocycles. The van der Waals surface area contributed by atoms with Gasteiger partial charge in [-0.05, 0) is 27.2 Å². The van der Waals surface area contributed by atoms with Crippen LogP contribution in [0, 0.1) is 0 Å². The average Bonchev–Trinajstić information content (AvgIpc) is 2.93. The van der Waals surface area contributed by atoms with Crippen molar-refractivity contribution in [1.29, 1.82) is 0 Å². The molecular formula is C12H21N3O4S. The fraction of sp³-hybridized carbons (Fsp3) is 0.833.